The number of rotatable bonds is 9. The van der Waals surface area contributed by atoms with Gasteiger partial charge in [0.2, 0.25) is 11.8 Å². The van der Waals surface area contributed by atoms with Crippen LogP contribution in [0.25, 0.3) is 22.4 Å². The van der Waals surface area contributed by atoms with Gasteiger partial charge in [0.05, 0.1) is 23.4 Å². The van der Waals surface area contributed by atoms with Gasteiger partial charge in [-0.3, -0.25) is 4.79 Å². The van der Waals surface area contributed by atoms with E-state index >= 15 is 0 Å². The Kier molecular flexibility index (Phi) is 6.29. The van der Waals surface area contributed by atoms with Crippen molar-refractivity contribution in [3.63, 3.8) is 0 Å². The molecule has 0 saturated heterocycles. The van der Waals surface area contributed by atoms with Crippen LogP contribution < -0.4 is 0 Å². The van der Waals surface area contributed by atoms with Crippen LogP contribution in [-0.2, 0) is 18.4 Å². The number of nitrogens with zero attached hydrogens (tertiary/aromatic N) is 6. The molecule has 0 atom stereocenters. The monoisotopic (exact) mass is 444 g/mol. The first-order chi connectivity index (χ1) is 14.7. The first-order valence-electron chi connectivity index (χ1n) is 9.35. The Labute approximate surface area is 181 Å². The molecule has 156 valence electrons. The number of thiophene rings is 1. The van der Waals surface area contributed by atoms with Gasteiger partial charge in [-0.05, 0) is 30.0 Å². The smallest absolute Gasteiger partial charge is 0.257 e. The van der Waals surface area contributed by atoms with Crippen molar-refractivity contribution in [2.24, 2.45) is 7.05 Å². The van der Waals surface area contributed by atoms with Crippen molar-refractivity contribution in [3.8, 4) is 22.4 Å². The topological polar surface area (TPSA) is 103 Å². The van der Waals surface area contributed by atoms with Gasteiger partial charge in [-0.15, -0.1) is 31.7 Å². The summed E-state index contributed by atoms with van der Waals surface area (Å²) in [6.45, 7) is 2.91. The second-order valence-electron chi connectivity index (χ2n) is 6.42. The Morgan fingerprint density at radius 2 is 2.13 bits per heavy atom. The molecule has 0 radical (unpaired) electrons. The summed E-state index contributed by atoms with van der Waals surface area (Å²) in [4.78, 5) is 15.5. The van der Waals surface area contributed by atoms with E-state index in [1.54, 1.807) is 17.2 Å². The van der Waals surface area contributed by atoms with Crippen LogP contribution >= 0.6 is 23.1 Å². The van der Waals surface area contributed by atoms with E-state index in [1.807, 2.05) is 42.1 Å². The molecule has 0 unspecified atom stereocenters. The minimum atomic E-state index is -0.0275. The van der Waals surface area contributed by atoms with Gasteiger partial charge in [0, 0.05) is 13.6 Å². The van der Waals surface area contributed by atoms with E-state index in [4.69, 9.17) is 8.83 Å². The normalized spacial score (nSPS) is 11.1. The average Bonchev–Trinajstić information content (AvgIpc) is 3.53. The standard InChI is InChI=1S/C19H20N6O3S2/c1-3-8-25(11-15-20-22-18(28-15)14-7-5-10-29-14)16(26)12-30-19-23-21-17(24(19)2)13-6-4-9-27-13/h4-7,9-10H,3,8,11-12H2,1-2H3. The summed E-state index contributed by atoms with van der Waals surface area (Å²) in [7, 11) is 1.85. The predicted octanol–water partition coefficient (Wildman–Crippen LogP) is 3.72. The minimum Gasteiger partial charge on any atom is -0.461 e. The number of thioether (sulfide) groups is 1. The third kappa shape index (κ3) is 4.46. The van der Waals surface area contributed by atoms with Crippen LogP contribution in [0.15, 0.2) is 49.9 Å². The number of carbonyl (C=O) groups excluding carboxylic acids is 1. The lowest BCUT2D eigenvalue weighted by molar-refractivity contribution is -0.129. The highest BCUT2D eigenvalue weighted by Crippen LogP contribution is 2.25. The molecule has 4 aromatic rings. The number of carbonyl (C=O) groups is 1. The highest BCUT2D eigenvalue weighted by Gasteiger charge is 2.20. The summed E-state index contributed by atoms with van der Waals surface area (Å²) in [5.41, 5.74) is 0. The minimum absolute atomic E-state index is 0.0275. The summed E-state index contributed by atoms with van der Waals surface area (Å²) in [5.74, 6) is 2.35. The lowest BCUT2D eigenvalue weighted by atomic mass is 10.4. The molecule has 0 spiro atoms. The van der Waals surface area contributed by atoms with Crippen LogP contribution in [0.4, 0.5) is 0 Å². The molecule has 4 rings (SSSR count). The molecule has 0 bridgehead atoms. The van der Waals surface area contributed by atoms with Crippen molar-refractivity contribution < 1.29 is 13.6 Å². The summed E-state index contributed by atoms with van der Waals surface area (Å²) in [6, 6.07) is 7.47. The maximum atomic E-state index is 12.8. The van der Waals surface area contributed by atoms with Gasteiger partial charge >= 0.3 is 0 Å². The molecule has 0 aliphatic carbocycles. The van der Waals surface area contributed by atoms with E-state index in [0.717, 1.165) is 11.3 Å². The fourth-order valence-corrected chi connectivity index (χ4v) is 4.28. The van der Waals surface area contributed by atoms with E-state index < -0.39 is 0 Å². The van der Waals surface area contributed by atoms with E-state index in [1.165, 1.54) is 23.1 Å². The van der Waals surface area contributed by atoms with Crippen molar-refractivity contribution in [2.45, 2.75) is 25.0 Å². The summed E-state index contributed by atoms with van der Waals surface area (Å²) in [6.07, 6.45) is 2.42. The van der Waals surface area contributed by atoms with Gasteiger partial charge in [0.1, 0.15) is 0 Å². The molecule has 30 heavy (non-hydrogen) atoms. The van der Waals surface area contributed by atoms with Gasteiger partial charge in [-0.25, -0.2) is 0 Å². The highest BCUT2D eigenvalue weighted by molar-refractivity contribution is 7.99. The third-order valence-electron chi connectivity index (χ3n) is 4.27. The van der Waals surface area contributed by atoms with Crippen LogP contribution in [0.2, 0.25) is 0 Å². The molecule has 0 saturated carbocycles. The number of furan rings is 1. The molecule has 0 aliphatic rings. The second-order valence-corrected chi connectivity index (χ2v) is 8.31. The largest absolute Gasteiger partial charge is 0.461 e. The zero-order chi connectivity index (χ0) is 20.9. The predicted molar refractivity (Wildman–Crippen MR) is 113 cm³/mol. The van der Waals surface area contributed by atoms with Crippen LogP contribution in [-0.4, -0.2) is 48.1 Å². The lowest BCUT2D eigenvalue weighted by Gasteiger charge is -2.19. The first-order valence-corrected chi connectivity index (χ1v) is 11.2. The zero-order valence-corrected chi connectivity index (χ0v) is 18.2. The maximum Gasteiger partial charge on any atom is 0.257 e. The third-order valence-corrected chi connectivity index (χ3v) is 6.14. The molecule has 0 fully saturated rings. The molecular weight excluding hydrogens is 424 g/mol. The fraction of sp³-hybridized carbons (Fsp3) is 0.316. The Morgan fingerprint density at radius 1 is 1.23 bits per heavy atom. The number of hydrogen-bond donors (Lipinski definition) is 0. The van der Waals surface area contributed by atoms with E-state index in [-0.39, 0.29) is 18.2 Å². The lowest BCUT2D eigenvalue weighted by Crippen LogP contribution is -2.32. The average molecular weight is 445 g/mol. The van der Waals surface area contributed by atoms with E-state index in [2.05, 4.69) is 20.4 Å². The quantitative estimate of drug-likeness (QED) is 0.360. The van der Waals surface area contributed by atoms with Gasteiger partial charge in [-0.1, -0.05) is 24.8 Å². The van der Waals surface area contributed by atoms with Gasteiger partial charge in [-0.2, -0.15) is 0 Å². The summed E-state index contributed by atoms with van der Waals surface area (Å²) >= 11 is 2.86. The zero-order valence-electron chi connectivity index (χ0n) is 16.5. The number of hydrogen-bond acceptors (Lipinski definition) is 9. The molecule has 0 aliphatic heterocycles. The number of aromatic nitrogens is 5. The molecular formula is C19H20N6O3S2. The molecule has 4 aromatic heterocycles. The SMILES string of the molecule is CCCN(Cc1nnc(-c2cccs2)o1)C(=O)CSc1nnc(-c2ccco2)n1C. The van der Waals surface area contributed by atoms with Gasteiger partial charge in [0.15, 0.2) is 16.7 Å². The Bertz CT molecular complexity index is 1090. The van der Waals surface area contributed by atoms with Crippen molar-refractivity contribution >= 4 is 29.0 Å². The van der Waals surface area contributed by atoms with Crippen LogP contribution in [0.5, 0.6) is 0 Å². The van der Waals surface area contributed by atoms with E-state index in [9.17, 15) is 4.79 Å². The van der Waals surface area contributed by atoms with Gasteiger partial charge < -0.3 is 18.3 Å². The molecule has 11 heteroatoms. The van der Waals surface area contributed by atoms with Crippen LogP contribution in [0.3, 0.4) is 0 Å². The van der Waals surface area contributed by atoms with E-state index in [0.29, 0.717) is 35.1 Å². The molecule has 4 heterocycles. The fourth-order valence-electron chi connectivity index (χ4n) is 2.82. The van der Waals surface area contributed by atoms with Crippen LogP contribution in [0, 0.1) is 0 Å². The summed E-state index contributed by atoms with van der Waals surface area (Å²) in [5, 5.41) is 19.1. The number of amides is 1. The van der Waals surface area contributed by atoms with Crippen molar-refractivity contribution in [2.75, 3.05) is 12.3 Å². The molecule has 9 nitrogen and oxygen atoms in total. The van der Waals surface area contributed by atoms with Gasteiger partial charge in [0.25, 0.3) is 5.89 Å². The Balaban J connectivity index is 1.39. The van der Waals surface area contributed by atoms with Crippen molar-refractivity contribution in [1.29, 1.82) is 0 Å². The Hall–Kier alpha value is -2.92. The van der Waals surface area contributed by atoms with Crippen LogP contribution in [0.1, 0.15) is 19.2 Å². The van der Waals surface area contributed by atoms with Crippen molar-refractivity contribution in [1.82, 2.24) is 29.9 Å². The first kappa shape index (κ1) is 20.4. The second kappa shape index (κ2) is 9.26. The van der Waals surface area contributed by atoms with Crippen molar-refractivity contribution in [3.05, 3.63) is 41.8 Å². The summed E-state index contributed by atoms with van der Waals surface area (Å²) < 4.78 is 12.9. The molecule has 0 N–H and O–H groups in total. The molecule has 0 aromatic carbocycles. The molecule has 1 amide bonds. The maximum absolute atomic E-state index is 12.8. The Morgan fingerprint density at radius 3 is 2.87 bits per heavy atom. The highest BCUT2D eigenvalue weighted by atomic mass is 32.2.